The van der Waals surface area contributed by atoms with E-state index < -0.39 is 5.25 Å². The normalized spacial score (nSPS) is 11.6. The minimum atomic E-state index is -0.455. The molecule has 0 aliphatic heterocycles. The van der Waals surface area contributed by atoms with Crippen LogP contribution in [0.5, 0.6) is 0 Å². The Morgan fingerprint density at radius 3 is 2.32 bits per heavy atom. The molecule has 0 radical (unpaired) electrons. The minimum absolute atomic E-state index is 0.318. The SMILES string of the molecule is C[C@H](Sc1nnc(Cc2ccccc2)n1C)C(=O)NNC(=O)c1ccccc1. The first-order chi connectivity index (χ1) is 13.5. The Kier molecular flexibility index (Phi) is 6.44. The first-order valence-electron chi connectivity index (χ1n) is 8.78. The van der Waals surface area contributed by atoms with Crippen LogP contribution in [0.2, 0.25) is 0 Å². The van der Waals surface area contributed by atoms with Gasteiger partial charge in [-0.3, -0.25) is 20.4 Å². The van der Waals surface area contributed by atoms with Crippen molar-refractivity contribution in [1.82, 2.24) is 25.6 Å². The number of amides is 2. The highest BCUT2D eigenvalue weighted by Gasteiger charge is 2.19. The second-order valence-electron chi connectivity index (χ2n) is 6.19. The molecule has 0 bridgehead atoms. The molecule has 144 valence electrons. The lowest BCUT2D eigenvalue weighted by atomic mass is 10.1. The monoisotopic (exact) mass is 395 g/mol. The third-order valence-corrected chi connectivity index (χ3v) is 5.25. The number of carbonyl (C=O) groups excluding carboxylic acids is 2. The van der Waals surface area contributed by atoms with Crippen molar-refractivity contribution in [2.45, 2.75) is 23.8 Å². The van der Waals surface area contributed by atoms with Gasteiger partial charge < -0.3 is 4.57 Å². The highest BCUT2D eigenvalue weighted by molar-refractivity contribution is 8.00. The van der Waals surface area contributed by atoms with Gasteiger partial charge in [0.1, 0.15) is 5.82 Å². The van der Waals surface area contributed by atoms with Gasteiger partial charge in [0.25, 0.3) is 11.8 Å². The number of hydrazine groups is 1. The van der Waals surface area contributed by atoms with Crippen LogP contribution >= 0.6 is 11.8 Å². The van der Waals surface area contributed by atoms with Gasteiger partial charge in [-0.05, 0) is 24.6 Å². The maximum Gasteiger partial charge on any atom is 0.269 e. The van der Waals surface area contributed by atoms with E-state index in [1.165, 1.54) is 11.8 Å². The molecular formula is C20H21N5O2S. The van der Waals surface area contributed by atoms with Crippen LogP contribution in [0.1, 0.15) is 28.7 Å². The van der Waals surface area contributed by atoms with Crippen molar-refractivity contribution in [2.24, 2.45) is 7.05 Å². The van der Waals surface area contributed by atoms with Crippen LogP contribution < -0.4 is 10.9 Å². The summed E-state index contributed by atoms with van der Waals surface area (Å²) in [6.45, 7) is 1.75. The van der Waals surface area contributed by atoms with Crippen molar-refractivity contribution in [1.29, 1.82) is 0 Å². The Labute approximate surface area is 167 Å². The van der Waals surface area contributed by atoms with Gasteiger partial charge in [-0.1, -0.05) is 60.3 Å². The predicted molar refractivity (Wildman–Crippen MR) is 108 cm³/mol. The standard InChI is InChI=1S/C20H21N5O2S/c1-14(18(26)22-23-19(27)16-11-7-4-8-12-16)28-20-24-21-17(25(20)2)13-15-9-5-3-6-10-15/h3-12,14H,13H2,1-2H3,(H,22,26)(H,23,27)/t14-/m0/s1. The molecule has 28 heavy (non-hydrogen) atoms. The molecule has 1 aromatic heterocycles. The molecule has 0 spiro atoms. The van der Waals surface area contributed by atoms with Gasteiger partial charge in [0, 0.05) is 19.0 Å². The number of rotatable bonds is 6. The molecule has 0 fully saturated rings. The summed E-state index contributed by atoms with van der Waals surface area (Å²) in [7, 11) is 1.88. The third kappa shape index (κ3) is 4.98. The van der Waals surface area contributed by atoms with E-state index in [9.17, 15) is 9.59 Å². The zero-order chi connectivity index (χ0) is 19.9. The number of benzene rings is 2. The second kappa shape index (κ2) is 9.18. The van der Waals surface area contributed by atoms with Crippen LogP contribution in [0.15, 0.2) is 65.8 Å². The molecule has 1 atom stereocenters. The summed E-state index contributed by atoms with van der Waals surface area (Å²) in [6.07, 6.45) is 0.665. The molecule has 0 aliphatic carbocycles. The van der Waals surface area contributed by atoms with Crippen molar-refractivity contribution in [3.05, 3.63) is 77.6 Å². The first kappa shape index (κ1) is 19.6. The number of nitrogens with zero attached hydrogens (tertiary/aromatic N) is 3. The van der Waals surface area contributed by atoms with Crippen molar-refractivity contribution < 1.29 is 9.59 Å². The minimum Gasteiger partial charge on any atom is -0.309 e. The van der Waals surface area contributed by atoms with E-state index in [4.69, 9.17) is 0 Å². The Morgan fingerprint density at radius 2 is 1.64 bits per heavy atom. The third-order valence-electron chi connectivity index (χ3n) is 4.12. The van der Waals surface area contributed by atoms with Crippen molar-refractivity contribution in [3.8, 4) is 0 Å². The fourth-order valence-corrected chi connectivity index (χ4v) is 3.31. The highest BCUT2D eigenvalue weighted by Crippen LogP contribution is 2.22. The van der Waals surface area contributed by atoms with Crippen LogP contribution in [-0.4, -0.2) is 31.8 Å². The summed E-state index contributed by atoms with van der Waals surface area (Å²) in [5.74, 6) is 0.135. The summed E-state index contributed by atoms with van der Waals surface area (Å²) in [5, 5.41) is 8.60. The largest absolute Gasteiger partial charge is 0.309 e. The summed E-state index contributed by atoms with van der Waals surface area (Å²) in [4.78, 5) is 24.3. The lowest BCUT2D eigenvalue weighted by molar-refractivity contribution is -0.121. The van der Waals surface area contributed by atoms with E-state index in [2.05, 4.69) is 21.0 Å². The number of nitrogens with one attached hydrogen (secondary N) is 2. The molecular weight excluding hydrogens is 374 g/mol. The van der Waals surface area contributed by atoms with E-state index in [0.717, 1.165) is 11.4 Å². The number of hydrogen-bond donors (Lipinski definition) is 2. The quantitative estimate of drug-likeness (QED) is 0.494. The van der Waals surface area contributed by atoms with Gasteiger partial charge >= 0.3 is 0 Å². The van der Waals surface area contributed by atoms with Crippen molar-refractivity contribution >= 4 is 23.6 Å². The maximum absolute atomic E-state index is 12.3. The Bertz CT molecular complexity index is 944. The molecule has 2 N–H and O–H groups in total. The summed E-state index contributed by atoms with van der Waals surface area (Å²) < 4.78 is 1.88. The van der Waals surface area contributed by atoms with Gasteiger partial charge in [-0.2, -0.15) is 0 Å². The first-order valence-corrected chi connectivity index (χ1v) is 9.66. The zero-order valence-corrected chi connectivity index (χ0v) is 16.4. The molecule has 0 saturated carbocycles. The second-order valence-corrected chi connectivity index (χ2v) is 7.50. The van der Waals surface area contributed by atoms with Crippen LogP contribution in [0, 0.1) is 0 Å². The molecule has 7 nitrogen and oxygen atoms in total. The lowest BCUT2D eigenvalue weighted by Gasteiger charge is -2.12. The van der Waals surface area contributed by atoms with E-state index in [0.29, 0.717) is 17.1 Å². The Balaban J connectivity index is 1.55. The summed E-state index contributed by atoms with van der Waals surface area (Å²) in [6, 6.07) is 18.7. The molecule has 8 heteroatoms. The zero-order valence-electron chi connectivity index (χ0n) is 15.6. The Morgan fingerprint density at radius 1 is 1.00 bits per heavy atom. The van der Waals surface area contributed by atoms with E-state index >= 15 is 0 Å². The molecule has 3 rings (SSSR count). The van der Waals surface area contributed by atoms with Crippen LogP contribution in [-0.2, 0) is 18.3 Å². The van der Waals surface area contributed by atoms with Crippen molar-refractivity contribution in [2.75, 3.05) is 0 Å². The van der Waals surface area contributed by atoms with E-state index in [1.807, 2.05) is 48.0 Å². The van der Waals surface area contributed by atoms with Crippen molar-refractivity contribution in [3.63, 3.8) is 0 Å². The van der Waals surface area contributed by atoms with Crippen LogP contribution in [0.3, 0.4) is 0 Å². The smallest absolute Gasteiger partial charge is 0.269 e. The molecule has 1 heterocycles. The highest BCUT2D eigenvalue weighted by atomic mass is 32.2. The number of hydrogen-bond acceptors (Lipinski definition) is 5. The molecule has 2 amide bonds. The fraction of sp³-hybridized carbons (Fsp3) is 0.200. The molecule has 0 saturated heterocycles. The van der Waals surface area contributed by atoms with E-state index in [-0.39, 0.29) is 11.8 Å². The van der Waals surface area contributed by atoms with E-state index in [1.54, 1.807) is 31.2 Å². The maximum atomic E-state index is 12.3. The fourth-order valence-electron chi connectivity index (χ4n) is 2.47. The number of aromatic nitrogens is 3. The molecule has 2 aromatic carbocycles. The Hall–Kier alpha value is -3.13. The molecule has 0 unspecified atom stereocenters. The van der Waals surface area contributed by atoms with Gasteiger partial charge in [-0.25, -0.2) is 0 Å². The average molecular weight is 395 g/mol. The van der Waals surface area contributed by atoms with Gasteiger partial charge in [0.05, 0.1) is 5.25 Å². The number of carbonyl (C=O) groups is 2. The average Bonchev–Trinajstić information content (AvgIpc) is 3.06. The lowest BCUT2D eigenvalue weighted by Crippen LogP contribution is -2.44. The molecule has 3 aromatic rings. The van der Waals surface area contributed by atoms with Crippen LogP contribution in [0.25, 0.3) is 0 Å². The van der Waals surface area contributed by atoms with Gasteiger partial charge in [0.15, 0.2) is 5.16 Å². The van der Waals surface area contributed by atoms with Crippen LogP contribution in [0.4, 0.5) is 0 Å². The topological polar surface area (TPSA) is 88.9 Å². The molecule has 0 aliphatic rings. The summed E-state index contributed by atoms with van der Waals surface area (Å²) >= 11 is 1.28. The van der Waals surface area contributed by atoms with Gasteiger partial charge in [0.2, 0.25) is 0 Å². The summed E-state index contributed by atoms with van der Waals surface area (Å²) in [5.41, 5.74) is 6.49. The van der Waals surface area contributed by atoms with Gasteiger partial charge in [-0.15, -0.1) is 10.2 Å². The predicted octanol–water partition coefficient (Wildman–Crippen LogP) is 2.35. The number of thioether (sulfide) groups is 1.